The van der Waals surface area contributed by atoms with Crippen LogP contribution in [0.15, 0.2) is 46.9 Å². The van der Waals surface area contributed by atoms with Crippen LogP contribution in [0.2, 0.25) is 5.02 Å². The number of hydrogen-bond acceptors (Lipinski definition) is 2. The maximum Gasteiger partial charge on any atom is 0.137 e. The van der Waals surface area contributed by atoms with Crippen molar-refractivity contribution in [2.75, 3.05) is 6.54 Å². The number of ether oxygens (including phenoxy) is 1. The summed E-state index contributed by atoms with van der Waals surface area (Å²) in [6, 6.07) is 13.5. The highest BCUT2D eigenvalue weighted by molar-refractivity contribution is 9.10. The minimum atomic E-state index is -0.184. The molecule has 0 amide bonds. The average Bonchev–Trinajstić information content (AvgIpc) is 2.41. The molecule has 0 aliphatic rings. The van der Waals surface area contributed by atoms with E-state index in [0.29, 0.717) is 6.54 Å². The van der Waals surface area contributed by atoms with Crippen molar-refractivity contribution in [1.82, 2.24) is 0 Å². The Kier molecular flexibility index (Phi) is 4.86. The van der Waals surface area contributed by atoms with E-state index >= 15 is 0 Å². The van der Waals surface area contributed by atoms with Gasteiger partial charge in [-0.25, -0.2) is 0 Å². The van der Waals surface area contributed by atoms with Gasteiger partial charge in [0, 0.05) is 21.6 Å². The SMILES string of the molecule is Cc1cc(OC(CN)c2ccccc2Br)ccc1Cl. The lowest BCUT2D eigenvalue weighted by Crippen LogP contribution is -2.18. The Morgan fingerprint density at radius 2 is 2.00 bits per heavy atom. The van der Waals surface area contributed by atoms with Gasteiger partial charge in [-0.05, 0) is 36.8 Å². The lowest BCUT2D eigenvalue weighted by molar-refractivity contribution is 0.213. The number of benzene rings is 2. The fourth-order valence-electron chi connectivity index (χ4n) is 1.83. The second kappa shape index (κ2) is 6.42. The zero-order valence-electron chi connectivity index (χ0n) is 10.6. The normalized spacial score (nSPS) is 12.2. The van der Waals surface area contributed by atoms with Gasteiger partial charge >= 0.3 is 0 Å². The third-order valence-electron chi connectivity index (χ3n) is 2.87. The summed E-state index contributed by atoms with van der Waals surface area (Å²) in [5.41, 5.74) is 7.85. The first kappa shape index (κ1) is 14.4. The molecule has 1 atom stereocenters. The van der Waals surface area contributed by atoms with Crippen LogP contribution in [-0.4, -0.2) is 6.54 Å². The molecule has 0 aliphatic heterocycles. The Balaban J connectivity index is 2.24. The van der Waals surface area contributed by atoms with E-state index in [1.807, 2.05) is 49.4 Å². The zero-order valence-corrected chi connectivity index (χ0v) is 12.9. The van der Waals surface area contributed by atoms with Crippen LogP contribution in [0, 0.1) is 6.92 Å². The predicted octanol–water partition coefficient (Wildman–Crippen LogP) is 4.49. The molecule has 19 heavy (non-hydrogen) atoms. The van der Waals surface area contributed by atoms with Crippen molar-refractivity contribution in [3.8, 4) is 5.75 Å². The third kappa shape index (κ3) is 3.50. The van der Waals surface area contributed by atoms with Crippen LogP contribution in [0.4, 0.5) is 0 Å². The van der Waals surface area contributed by atoms with E-state index in [2.05, 4.69) is 15.9 Å². The van der Waals surface area contributed by atoms with Crippen LogP contribution in [0.3, 0.4) is 0 Å². The van der Waals surface area contributed by atoms with Crippen LogP contribution in [0.1, 0.15) is 17.2 Å². The smallest absolute Gasteiger partial charge is 0.137 e. The zero-order chi connectivity index (χ0) is 13.8. The number of nitrogens with two attached hydrogens (primary N) is 1. The molecule has 2 rings (SSSR count). The Morgan fingerprint density at radius 3 is 2.63 bits per heavy atom. The molecule has 1 unspecified atom stereocenters. The highest BCUT2D eigenvalue weighted by atomic mass is 79.9. The van der Waals surface area contributed by atoms with Gasteiger partial charge in [-0.2, -0.15) is 0 Å². The summed E-state index contributed by atoms with van der Waals surface area (Å²) in [5, 5.41) is 0.734. The molecule has 0 saturated heterocycles. The summed E-state index contributed by atoms with van der Waals surface area (Å²) in [6.45, 7) is 2.36. The lowest BCUT2D eigenvalue weighted by atomic mass is 10.1. The van der Waals surface area contributed by atoms with Crippen molar-refractivity contribution in [3.63, 3.8) is 0 Å². The van der Waals surface area contributed by atoms with Crippen molar-refractivity contribution in [3.05, 3.63) is 63.1 Å². The van der Waals surface area contributed by atoms with Crippen molar-refractivity contribution >= 4 is 27.5 Å². The molecule has 2 aromatic carbocycles. The molecule has 0 aliphatic carbocycles. The van der Waals surface area contributed by atoms with Crippen molar-refractivity contribution in [2.24, 2.45) is 5.73 Å². The maximum atomic E-state index is 6.01. The highest BCUT2D eigenvalue weighted by Gasteiger charge is 2.14. The standard InChI is InChI=1S/C15H15BrClNO/c1-10-8-11(6-7-14(10)17)19-15(9-18)12-4-2-3-5-13(12)16/h2-8,15H,9,18H2,1H3. The van der Waals surface area contributed by atoms with Gasteiger partial charge in [-0.3, -0.25) is 0 Å². The van der Waals surface area contributed by atoms with E-state index in [4.69, 9.17) is 22.1 Å². The number of rotatable bonds is 4. The third-order valence-corrected chi connectivity index (χ3v) is 4.02. The Labute approximate surface area is 126 Å². The number of halogens is 2. The molecule has 0 aromatic heterocycles. The molecule has 2 nitrogen and oxygen atoms in total. The molecule has 2 N–H and O–H groups in total. The Morgan fingerprint density at radius 1 is 1.26 bits per heavy atom. The molecule has 0 heterocycles. The van der Waals surface area contributed by atoms with Gasteiger partial charge in [0.2, 0.25) is 0 Å². The van der Waals surface area contributed by atoms with Gasteiger partial charge in [0.25, 0.3) is 0 Å². The topological polar surface area (TPSA) is 35.2 Å². The molecule has 4 heteroatoms. The fourth-order valence-corrected chi connectivity index (χ4v) is 2.49. The molecular weight excluding hydrogens is 326 g/mol. The fraction of sp³-hybridized carbons (Fsp3) is 0.200. The van der Waals surface area contributed by atoms with Gasteiger partial charge in [0.15, 0.2) is 0 Å². The first-order valence-corrected chi connectivity index (χ1v) is 7.16. The minimum absolute atomic E-state index is 0.184. The van der Waals surface area contributed by atoms with Crippen LogP contribution in [-0.2, 0) is 0 Å². The predicted molar refractivity (Wildman–Crippen MR) is 82.8 cm³/mol. The van der Waals surface area contributed by atoms with Gasteiger partial charge < -0.3 is 10.5 Å². The Bertz CT molecular complexity index is 574. The molecule has 0 saturated carbocycles. The summed E-state index contributed by atoms with van der Waals surface area (Å²) in [7, 11) is 0. The van der Waals surface area contributed by atoms with Crippen molar-refractivity contribution < 1.29 is 4.74 Å². The summed E-state index contributed by atoms with van der Waals surface area (Å²) < 4.78 is 6.95. The molecule has 0 bridgehead atoms. The molecule has 100 valence electrons. The quantitative estimate of drug-likeness (QED) is 0.890. The summed E-state index contributed by atoms with van der Waals surface area (Å²) in [6.07, 6.45) is -0.184. The first-order chi connectivity index (χ1) is 9.11. The van der Waals surface area contributed by atoms with Crippen LogP contribution in [0.5, 0.6) is 5.75 Å². The average molecular weight is 341 g/mol. The minimum Gasteiger partial charge on any atom is -0.484 e. The maximum absolute atomic E-state index is 6.01. The van der Waals surface area contributed by atoms with Gasteiger partial charge in [-0.1, -0.05) is 45.7 Å². The van der Waals surface area contributed by atoms with E-state index in [-0.39, 0.29) is 6.10 Å². The largest absolute Gasteiger partial charge is 0.484 e. The van der Waals surface area contributed by atoms with Gasteiger partial charge in [-0.15, -0.1) is 0 Å². The van der Waals surface area contributed by atoms with Gasteiger partial charge in [0.05, 0.1) is 0 Å². The molecule has 0 fully saturated rings. The van der Waals surface area contributed by atoms with E-state index < -0.39 is 0 Å². The second-order valence-corrected chi connectivity index (χ2v) is 5.54. The first-order valence-electron chi connectivity index (χ1n) is 5.99. The van der Waals surface area contributed by atoms with Crippen LogP contribution >= 0.6 is 27.5 Å². The second-order valence-electron chi connectivity index (χ2n) is 4.27. The molecule has 0 spiro atoms. The van der Waals surface area contributed by atoms with Crippen molar-refractivity contribution in [1.29, 1.82) is 0 Å². The van der Waals surface area contributed by atoms with E-state index in [9.17, 15) is 0 Å². The van der Waals surface area contributed by atoms with Crippen LogP contribution in [0.25, 0.3) is 0 Å². The van der Waals surface area contributed by atoms with E-state index in [1.165, 1.54) is 0 Å². The lowest BCUT2D eigenvalue weighted by Gasteiger charge is -2.19. The van der Waals surface area contributed by atoms with E-state index in [1.54, 1.807) is 0 Å². The number of hydrogen-bond donors (Lipinski definition) is 1. The summed E-state index contributed by atoms with van der Waals surface area (Å²) in [4.78, 5) is 0. The number of aryl methyl sites for hydroxylation is 1. The summed E-state index contributed by atoms with van der Waals surface area (Å²) >= 11 is 9.53. The highest BCUT2D eigenvalue weighted by Crippen LogP contribution is 2.29. The van der Waals surface area contributed by atoms with E-state index in [0.717, 1.165) is 26.4 Å². The van der Waals surface area contributed by atoms with Crippen molar-refractivity contribution in [2.45, 2.75) is 13.0 Å². The molecule has 0 radical (unpaired) electrons. The van der Waals surface area contributed by atoms with Crippen LogP contribution < -0.4 is 10.5 Å². The van der Waals surface area contributed by atoms with Gasteiger partial charge in [0.1, 0.15) is 11.9 Å². The molecular formula is C15H15BrClNO. The summed E-state index contributed by atoms with van der Waals surface area (Å²) in [5.74, 6) is 0.771. The monoisotopic (exact) mass is 339 g/mol. The molecule has 2 aromatic rings. The Hall–Kier alpha value is -1.03.